The van der Waals surface area contributed by atoms with Crippen LogP contribution in [0.4, 0.5) is 10.1 Å². The summed E-state index contributed by atoms with van der Waals surface area (Å²) in [7, 11) is 0. The molecule has 0 bridgehead atoms. The minimum Gasteiger partial charge on any atom is -0.507 e. The van der Waals surface area contributed by atoms with Crippen LogP contribution in [0.15, 0.2) is 72.3 Å². The van der Waals surface area contributed by atoms with Gasteiger partial charge >= 0.3 is 0 Å². The number of ether oxygens (including phenoxy) is 1. The van der Waals surface area contributed by atoms with Gasteiger partial charge in [-0.1, -0.05) is 48.3 Å². The Bertz CT molecular complexity index is 1270. The van der Waals surface area contributed by atoms with Crippen molar-refractivity contribution in [3.63, 3.8) is 0 Å². The van der Waals surface area contributed by atoms with E-state index in [-0.39, 0.29) is 32.4 Å². The highest BCUT2D eigenvalue weighted by molar-refractivity contribution is 6.52. The van der Waals surface area contributed by atoms with Crippen molar-refractivity contribution in [1.29, 1.82) is 0 Å². The lowest BCUT2D eigenvalue weighted by molar-refractivity contribution is -0.132. The van der Waals surface area contributed by atoms with Crippen LogP contribution in [0.25, 0.3) is 5.76 Å². The third-order valence-electron chi connectivity index (χ3n) is 5.37. The summed E-state index contributed by atoms with van der Waals surface area (Å²) in [5.41, 5.74) is 0.290. The van der Waals surface area contributed by atoms with Crippen LogP contribution in [0.5, 0.6) is 5.75 Å². The number of benzene rings is 3. The SMILES string of the molecule is CCCOc1ccc(/C(O)=C2\C(=O)C(=O)N(c3cc(Cl)cc(Cl)c3)C2c2ccccc2F)cc1. The molecule has 34 heavy (non-hydrogen) atoms. The van der Waals surface area contributed by atoms with E-state index in [0.717, 1.165) is 11.3 Å². The molecule has 0 aliphatic carbocycles. The maximum Gasteiger partial charge on any atom is 0.300 e. The van der Waals surface area contributed by atoms with Gasteiger partial charge < -0.3 is 9.84 Å². The summed E-state index contributed by atoms with van der Waals surface area (Å²) >= 11 is 12.3. The van der Waals surface area contributed by atoms with Crippen LogP contribution < -0.4 is 9.64 Å². The summed E-state index contributed by atoms with van der Waals surface area (Å²) < 4.78 is 20.5. The van der Waals surface area contributed by atoms with E-state index in [4.69, 9.17) is 27.9 Å². The molecule has 174 valence electrons. The van der Waals surface area contributed by atoms with Crippen molar-refractivity contribution in [2.75, 3.05) is 11.5 Å². The van der Waals surface area contributed by atoms with E-state index in [1.54, 1.807) is 30.3 Å². The number of carbonyl (C=O) groups is 2. The molecule has 1 atom stereocenters. The van der Waals surface area contributed by atoms with E-state index in [9.17, 15) is 19.1 Å². The number of halogens is 3. The molecule has 1 aliphatic heterocycles. The summed E-state index contributed by atoms with van der Waals surface area (Å²) in [6, 6.07) is 15.4. The lowest BCUT2D eigenvalue weighted by Crippen LogP contribution is -2.29. The average molecular weight is 500 g/mol. The highest BCUT2D eigenvalue weighted by Crippen LogP contribution is 2.44. The molecule has 1 N–H and O–H groups in total. The van der Waals surface area contributed by atoms with Crippen LogP contribution in [0, 0.1) is 5.82 Å². The summed E-state index contributed by atoms with van der Waals surface area (Å²) in [5, 5.41) is 11.6. The normalized spacial score (nSPS) is 17.3. The minimum absolute atomic E-state index is 0.0437. The molecule has 8 heteroatoms. The maximum absolute atomic E-state index is 14.9. The quantitative estimate of drug-likeness (QED) is 0.237. The Morgan fingerprint density at radius 3 is 2.29 bits per heavy atom. The fourth-order valence-corrected chi connectivity index (χ4v) is 4.37. The Kier molecular flexibility index (Phi) is 6.91. The zero-order chi connectivity index (χ0) is 24.4. The Balaban J connectivity index is 1.89. The van der Waals surface area contributed by atoms with E-state index in [0.29, 0.717) is 12.4 Å². The number of carbonyl (C=O) groups excluding carboxylic acids is 2. The van der Waals surface area contributed by atoms with Crippen LogP contribution in [-0.2, 0) is 9.59 Å². The molecule has 1 saturated heterocycles. The van der Waals surface area contributed by atoms with Crippen LogP contribution >= 0.6 is 23.2 Å². The molecule has 1 fully saturated rings. The summed E-state index contributed by atoms with van der Waals surface area (Å²) in [6.45, 7) is 2.51. The number of hydrogen-bond acceptors (Lipinski definition) is 4. The molecule has 1 unspecified atom stereocenters. The smallest absolute Gasteiger partial charge is 0.300 e. The maximum atomic E-state index is 14.9. The van der Waals surface area contributed by atoms with Crippen molar-refractivity contribution in [2.45, 2.75) is 19.4 Å². The van der Waals surface area contributed by atoms with E-state index >= 15 is 0 Å². The van der Waals surface area contributed by atoms with Crippen LogP contribution in [-0.4, -0.2) is 23.4 Å². The van der Waals surface area contributed by atoms with Gasteiger partial charge in [-0.2, -0.15) is 0 Å². The van der Waals surface area contributed by atoms with Crippen molar-refractivity contribution < 1.29 is 23.8 Å². The Morgan fingerprint density at radius 1 is 1.03 bits per heavy atom. The summed E-state index contributed by atoms with van der Waals surface area (Å²) in [4.78, 5) is 27.4. The first-order valence-corrected chi connectivity index (χ1v) is 11.3. The molecule has 0 spiro atoms. The molecule has 3 aromatic carbocycles. The second-order valence-electron chi connectivity index (χ2n) is 7.69. The first kappa shape index (κ1) is 23.8. The van der Waals surface area contributed by atoms with E-state index in [1.807, 2.05) is 6.92 Å². The molecule has 1 heterocycles. The molecule has 0 aromatic heterocycles. The molecule has 3 aromatic rings. The number of nitrogens with zero attached hydrogens (tertiary/aromatic N) is 1. The van der Waals surface area contributed by atoms with E-state index < -0.39 is 29.3 Å². The van der Waals surface area contributed by atoms with Gasteiger partial charge in [0, 0.05) is 26.9 Å². The molecule has 0 radical (unpaired) electrons. The Labute approximate surface area is 206 Å². The van der Waals surface area contributed by atoms with Crippen molar-refractivity contribution in [3.8, 4) is 5.75 Å². The van der Waals surface area contributed by atoms with Crippen molar-refractivity contribution >= 4 is 46.3 Å². The predicted molar refractivity (Wildman–Crippen MR) is 130 cm³/mol. The molecular formula is C26H20Cl2FNO4. The molecule has 0 saturated carbocycles. The largest absolute Gasteiger partial charge is 0.507 e. The fraction of sp³-hybridized carbons (Fsp3) is 0.154. The van der Waals surface area contributed by atoms with Crippen LogP contribution in [0.2, 0.25) is 10.0 Å². The Morgan fingerprint density at radius 2 is 1.68 bits per heavy atom. The van der Waals surface area contributed by atoms with Gasteiger partial charge in [0.25, 0.3) is 11.7 Å². The van der Waals surface area contributed by atoms with E-state index in [2.05, 4.69) is 0 Å². The lowest BCUT2D eigenvalue weighted by atomic mass is 9.94. The number of amides is 1. The first-order valence-electron chi connectivity index (χ1n) is 10.6. The van der Waals surface area contributed by atoms with Crippen molar-refractivity contribution in [3.05, 3.63) is 99.3 Å². The van der Waals surface area contributed by atoms with Gasteiger partial charge in [0.05, 0.1) is 18.2 Å². The van der Waals surface area contributed by atoms with Gasteiger partial charge in [-0.3, -0.25) is 14.5 Å². The van der Waals surface area contributed by atoms with Gasteiger partial charge in [-0.25, -0.2) is 4.39 Å². The number of hydrogen-bond donors (Lipinski definition) is 1. The molecule has 4 rings (SSSR count). The van der Waals surface area contributed by atoms with Crippen LogP contribution in [0.3, 0.4) is 0 Å². The highest BCUT2D eigenvalue weighted by Gasteiger charge is 2.48. The number of aliphatic hydroxyl groups is 1. The molecule has 1 aliphatic rings. The second kappa shape index (κ2) is 9.87. The first-order chi connectivity index (χ1) is 16.3. The lowest BCUT2D eigenvalue weighted by Gasteiger charge is -2.26. The van der Waals surface area contributed by atoms with Crippen LogP contribution in [0.1, 0.15) is 30.5 Å². The summed E-state index contributed by atoms with van der Waals surface area (Å²) in [6.07, 6.45) is 0.835. The van der Waals surface area contributed by atoms with Crippen molar-refractivity contribution in [1.82, 2.24) is 0 Å². The third-order valence-corrected chi connectivity index (χ3v) is 5.81. The number of aliphatic hydroxyl groups excluding tert-OH is 1. The zero-order valence-electron chi connectivity index (χ0n) is 18.1. The molecule has 5 nitrogen and oxygen atoms in total. The van der Waals surface area contributed by atoms with Gasteiger partial charge in [0.15, 0.2) is 0 Å². The average Bonchev–Trinajstić information content (AvgIpc) is 3.07. The van der Waals surface area contributed by atoms with Gasteiger partial charge in [-0.05, 0) is 55.0 Å². The minimum atomic E-state index is -1.23. The number of Topliss-reactive ketones (excluding diaryl/α,β-unsaturated/α-hetero) is 1. The number of anilines is 1. The number of ketones is 1. The van der Waals surface area contributed by atoms with Gasteiger partial charge in [0.1, 0.15) is 17.3 Å². The van der Waals surface area contributed by atoms with Gasteiger partial charge in [-0.15, -0.1) is 0 Å². The predicted octanol–water partition coefficient (Wildman–Crippen LogP) is 6.55. The molecule has 1 amide bonds. The standard InChI is InChI=1S/C26H20Cl2FNO4/c1-2-11-34-19-9-7-15(8-10-19)24(31)22-23(20-5-3-4-6-21(20)29)30(26(33)25(22)32)18-13-16(27)12-17(28)14-18/h3-10,12-14,23,31H,2,11H2,1H3/b24-22+. The third kappa shape index (κ3) is 4.52. The number of rotatable bonds is 6. The van der Waals surface area contributed by atoms with Crippen molar-refractivity contribution in [2.24, 2.45) is 0 Å². The molecular weight excluding hydrogens is 480 g/mol. The Hall–Kier alpha value is -3.35. The highest BCUT2D eigenvalue weighted by atomic mass is 35.5. The monoisotopic (exact) mass is 499 g/mol. The van der Waals surface area contributed by atoms with E-state index in [1.165, 1.54) is 36.4 Å². The zero-order valence-corrected chi connectivity index (χ0v) is 19.6. The fourth-order valence-electron chi connectivity index (χ4n) is 3.85. The summed E-state index contributed by atoms with van der Waals surface area (Å²) in [5.74, 6) is -2.35. The second-order valence-corrected chi connectivity index (χ2v) is 8.56. The topological polar surface area (TPSA) is 66.8 Å². The van der Waals surface area contributed by atoms with Gasteiger partial charge in [0.2, 0.25) is 0 Å².